The minimum atomic E-state index is -0.391. The number of carbonyl (C=O) groups excluding carboxylic acids is 1. The Balaban J connectivity index is 2.11. The summed E-state index contributed by atoms with van der Waals surface area (Å²) in [6.45, 7) is 2.88. The zero-order valence-electron chi connectivity index (χ0n) is 11.4. The van der Waals surface area contributed by atoms with Crippen LogP contribution in [-0.4, -0.2) is 47.2 Å². The highest BCUT2D eigenvalue weighted by Crippen LogP contribution is 2.25. The summed E-state index contributed by atoms with van der Waals surface area (Å²) in [6, 6.07) is 0.298. The summed E-state index contributed by atoms with van der Waals surface area (Å²) >= 11 is 0. The number of hydrogen-bond donors (Lipinski definition) is 2. The minimum absolute atomic E-state index is 0.0885. The lowest BCUT2D eigenvalue weighted by molar-refractivity contribution is -0.138. The van der Waals surface area contributed by atoms with Gasteiger partial charge in [-0.2, -0.15) is 0 Å². The Kier molecular flexibility index (Phi) is 5.01. The quantitative estimate of drug-likeness (QED) is 0.730. The van der Waals surface area contributed by atoms with E-state index in [4.69, 9.17) is 0 Å². The lowest BCUT2D eigenvalue weighted by Gasteiger charge is -2.36. The van der Waals surface area contributed by atoms with Gasteiger partial charge in [0, 0.05) is 12.1 Å². The predicted molar refractivity (Wildman–Crippen MR) is 71.3 cm³/mol. The third-order valence-electron chi connectivity index (χ3n) is 4.38. The first-order chi connectivity index (χ1) is 8.74. The molecule has 18 heavy (non-hydrogen) atoms. The van der Waals surface area contributed by atoms with E-state index >= 15 is 0 Å². The Morgan fingerprint density at radius 3 is 2.50 bits per heavy atom. The van der Waals surface area contributed by atoms with E-state index in [1.165, 1.54) is 25.7 Å². The van der Waals surface area contributed by atoms with Gasteiger partial charge in [0.1, 0.15) is 6.04 Å². The Hall–Kier alpha value is -0.610. The maximum atomic E-state index is 12.5. The molecule has 2 aliphatic rings. The summed E-state index contributed by atoms with van der Waals surface area (Å²) in [6.07, 6.45) is 8.32. The predicted octanol–water partition coefficient (Wildman–Crippen LogP) is 1.28. The van der Waals surface area contributed by atoms with Gasteiger partial charge in [-0.15, -0.1) is 0 Å². The van der Waals surface area contributed by atoms with Crippen LogP contribution >= 0.6 is 0 Å². The molecule has 2 rings (SSSR count). The van der Waals surface area contributed by atoms with Crippen LogP contribution in [0.1, 0.15) is 51.9 Å². The highest BCUT2D eigenvalue weighted by molar-refractivity contribution is 5.83. The molecule has 2 atom stereocenters. The second-order valence-corrected chi connectivity index (χ2v) is 5.72. The fourth-order valence-electron chi connectivity index (χ4n) is 3.31. The fraction of sp³-hybridized carbons (Fsp3) is 0.929. The normalized spacial score (nSPS) is 32.1. The highest BCUT2D eigenvalue weighted by Gasteiger charge is 2.34. The summed E-state index contributed by atoms with van der Waals surface area (Å²) in [4.78, 5) is 14.6. The molecule has 1 aliphatic carbocycles. The van der Waals surface area contributed by atoms with Gasteiger partial charge >= 0.3 is 0 Å². The summed E-state index contributed by atoms with van der Waals surface area (Å²) in [5.74, 6) is 0.106. The van der Waals surface area contributed by atoms with E-state index in [0.717, 1.165) is 25.8 Å². The molecule has 0 aromatic rings. The first-order valence-electron chi connectivity index (χ1n) is 7.40. The van der Waals surface area contributed by atoms with Gasteiger partial charge in [0.2, 0.25) is 5.91 Å². The van der Waals surface area contributed by atoms with E-state index in [2.05, 4.69) is 17.1 Å². The second-order valence-electron chi connectivity index (χ2n) is 5.72. The molecule has 0 aromatic heterocycles. The highest BCUT2D eigenvalue weighted by atomic mass is 16.3. The zero-order chi connectivity index (χ0) is 13.0. The maximum Gasteiger partial charge on any atom is 0.242 e. The van der Waals surface area contributed by atoms with Crippen LogP contribution in [0, 0.1) is 0 Å². The molecule has 1 amide bonds. The minimum Gasteiger partial charge on any atom is -0.394 e. The largest absolute Gasteiger partial charge is 0.394 e. The number of nitrogens with zero attached hydrogens (tertiary/aromatic N) is 1. The molecule has 1 aliphatic heterocycles. The summed E-state index contributed by atoms with van der Waals surface area (Å²) < 4.78 is 0. The molecule has 2 fully saturated rings. The topological polar surface area (TPSA) is 52.6 Å². The van der Waals surface area contributed by atoms with E-state index in [0.29, 0.717) is 12.1 Å². The molecule has 1 saturated heterocycles. The van der Waals surface area contributed by atoms with Crippen molar-refractivity contribution in [2.45, 2.75) is 70.0 Å². The monoisotopic (exact) mass is 254 g/mol. The van der Waals surface area contributed by atoms with Crippen molar-refractivity contribution in [2.24, 2.45) is 0 Å². The Labute approximate surface area is 110 Å². The molecule has 0 radical (unpaired) electrons. The fourth-order valence-corrected chi connectivity index (χ4v) is 3.31. The second kappa shape index (κ2) is 6.53. The molecule has 4 nitrogen and oxygen atoms in total. The molecule has 4 heteroatoms. The van der Waals surface area contributed by atoms with Crippen LogP contribution in [0.3, 0.4) is 0 Å². The van der Waals surface area contributed by atoms with Crippen LogP contribution < -0.4 is 5.32 Å². The summed E-state index contributed by atoms with van der Waals surface area (Å²) in [5, 5.41) is 12.5. The van der Waals surface area contributed by atoms with Gasteiger partial charge in [-0.1, -0.05) is 25.7 Å². The third-order valence-corrected chi connectivity index (χ3v) is 4.38. The van der Waals surface area contributed by atoms with Crippen LogP contribution in [-0.2, 0) is 4.79 Å². The van der Waals surface area contributed by atoms with Crippen LogP contribution in [0.2, 0.25) is 0 Å². The van der Waals surface area contributed by atoms with Crippen molar-refractivity contribution in [3.8, 4) is 0 Å². The zero-order valence-corrected chi connectivity index (χ0v) is 11.4. The molecule has 0 aromatic carbocycles. The van der Waals surface area contributed by atoms with Crippen molar-refractivity contribution >= 4 is 5.91 Å². The number of rotatable bonds is 2. The molecule has 1 heterocycles. The number of aliphatic hydroxyl groups is 1. The Bertz CT molecular complexity index is 275. The van der Waals surface area contributed by atoms with Crippen LogP contribution in [0.5, 0.6) is 0 Å². The van der Waals surface area contributed by atoms with Gasteiger partial charge in [-0.25, -0.2) is 0 Å². The van der Waals surface area contributed by atoms with E-state index < -0.39 is 6.04 Å². The lowest BCUT2D eigenvalue weighted by atomic mass is 10.0. The Morgan fingerprint density at radius 1 is 1.22 bits per heavy atom. The first kappa shape index (κ1) is 13.8. The smallest absolute Gasteiger partial charge is 0.242 e. The first-order valence-corrected chi connectivity index (χ1v) is 7.40. The third kappa shape index (κ3) is 3.04. The van der Waals surface area contributed by atoms with Crippen LogP contribution in [0.15, 0.2) is 0 Å². The van der Waals surface area contributed by atoms with E-state index in [1.807, 2.05) is 0 Å². The molecule has 2 N–H and O–H groups in total. The van der Waals surface area contributed by atoms with E-state index in [9.17, 15) is 9.90 Å². The van der Waals surface area contributed by atoms with Crippen LogP contribution in [0.4, 0.5) is 0 Å². The molecule has 1 saturated carbocycles. The molecular formula is C14H26N2O2. The van der Waals surface area contributed by atoms with Crippen molar-refractivity contribution in [1.29, 1.82) is 0 Å². The maximum absolute atomic E-state index is 12.5. The van der Waals surface area contributed by atoms with Crippen LogP contribution in [0.25, 0.3) is 0 Å². The average Bonchev–Trinajstić information content (AvgIpc) is 2.69. The summed E-state index contributed by atoms with van der Waals surface area (Å²) in [7, 11) is 0. The van der Waals surface area contributed by atoms with Gasteiger partial charge in [-0.3, -0.25) is 4.79 Å². The van der Waals surface area contributed by atoms with Crippen molar-refractivity contribution in [2.75, 3.05) is 13.2 Å². The van der Waals surface area contributed by atoms with E-state index in [-0.39, 0.29) is 12.5 Å². The molecule has 0 bridgehead atoms. The van der Waals surface area contributed by atoms with E-state index in [1.54, 1.807) is 0 Å². The molecular weight excluding hydrogens is 228 g/mol. The lowest BCUT2D eigenvalue weighted by Crippen LogP contribution is -2.51. The SMILES string of the molecule is CC1CCNC(CO)C(=O)N1C1CCCCCC1. The number of carbonyl (C=O) groups is 1. The number of amides is 1. The Morgan fingerprint density at radius 2 is 1.89 bits per heavy atom. The van der Waals surface area contributed by atoms with Crippen molar-refractivity contribution in [3.05, 3.63) is 0 Å². The number of nitrogens with one attached hydrogen (secondary N) is 1. The van der Waals surface area contributed by atoms with Gasteiger partial charge in [0.15, 0.2) is 0 Å². The number of aliphatic hydroxyl groups excluding tert-OH is 1. The molecule has 104 valence electrons. The van der Waals surface area contributed by atoms with Crippen molar-refractivity contribution < 1.29 is 9.90 Å². The van der Waals surface area contributed by atoms with Gasteiger partial charge in [-0.05, 0) is 32.7 Å². The van der Waals surface area contributed by atoms with Crippen molar-refractivity contribution in [3.63, 3.8) is 0 Å². The molecule has 0 spiro atoms. The number of hydrogen-bond acceptors (Lipinski definition) is 3. The standard InChI is InChI=1S/C14H26N2O2/c1-11-8-9-15-13(10-17)14(18)16(11)12-6-4-2-3-5-7-12/h11-13,15,17H,2-10H2,1H3. The van der Waals surface area contributed by atoms with Crippen molar-refractivity contribution in [1.82, 2.24) is 10.2 Å². The average molecular weight is 254 g/mol. The van der Waals surface area contributed by atoms with Gasteiger partial charge < -0.3 is 15.3 Å². The van der Waals surface area contributed by atoms with Gasteiger partial charge in [0.05, 0.1) is 6.61 Å². The molecule has 2 unspecified atom stereocenters. The summed E-state index contributed by atoms with van der Waals surface area (Å²) in [5.41, 5.74) is 0. The van der Waals surface area contributed by atoms with Gasteiger partial charge in [0.25, 0.3) is 0 Å².